The molecule has 1 fully saturated rings. The summed E-state index contributed by atoms with van der Waals surface area (Å²) in [4.78, 5) is 26.9. The fraction of sp³-hybridized carbons (Fsp3) is 0.579. The van der Waals surface area contributed by atoms with Gasteiger partial charge in [0.1, 0.15) is 6.04 Å². The van der Waals surface area contributed by atoms with E-state index in [4.69, 9.17) is 5.73 Å². The number of likely N-dealkylation sites (tertiary alicyclic amines) is 1. The molecule has 3 N–H and O–H groups in total. The third kappa shape index (κ3) is 4.81. The van der Waals surface area contributed by atoms with Crippen molar-refractivity contribution in [2.75, 3.05) is 6.54 Å². The molecule has 0 bridgehead atoms. The van der Waals surface area contributed by atoms with E-state index in [0.717, 1.165) is 5.56 Å². The van der Waals surface area contributed by atoms with E-state index < -0.39 is 6.04 Å². The number of carbonyl (C=O) groups is 2. The van der Waals surface area contributed by atoms with Crippen molar-refractivity contribution in [1.29, 1.82) is 0 Å². The van der Waals surface area contributed by atoms with Crippen molar-refractivity contribution in [3.05, 3.63) is 35.9 Å². The molecular weight excluding hydrogens is 302 g/mol. The zero-order valence-corrected chi connectivity index (χ0v) is 15.1. The maximum absolute atomic E-state index is 12.7. The Morgan fingerprint density at radius 1 is 1.29 bits per heavy atom. The van der Waals surface area contributed by atoms with Crippen LogP contribution in [0.4, 0.5) is 0 Å². The van der Waals surface area contributed by atoms with Crippen LogP contribution in [0.5, 0.6) is 0 Å². The number of carbonyl (C=O) groups excluding carboxylic acids is 2. The fourth-order valence-corrected chi connectivity index (χ4v) is 3.08. The second-order valence-corrected chi connectivity index (χ2v) is 7.94. The quantitative estimate of drug-likeness (QED) is 0.888. The molecule has 2 amide bonds. The Labute approximate surface area is 144 Å². The minimum Gasteiger partial charge on any atom is -0.348 e. The van der Waals surface area contributed by atoms with Crippen molar-refractivity contribution in [3.8, 4) is 0 Å². The van der Waals surface area contributed by atoms with Crippen LogP contribution in [0.15, 0.2) is 30.3 Å². The second kappa shape index (κ2) is 7.34. The van der Waals surface area contributed by atoms with Crippen LogP contribution in [-0.4, -0.2) is 35.3 Å². The molecule has 1 aliphatic rings. The third-order valence-electron chi connectivity index (χ3n) is 4.30. The number of nitrogens with zero attached hydrogens (tertiary/aromatic N) is 1. The number of nitrogens with one attached hydrogen (secondary N) is 1. The highest BCUT2D eigenvalue weighted by atomic mass is 16.2. The van der Waals surface area contributed by atoms with E-state index in [9.17, 15) is 9.59 Å². The first-order valence-electron chi connectivity index (χ1n) is 8.58. The maximum Gasteiger partial charge on any atom is 0.243 e. The van der Waals surface area contributed by atoms with Crippen LogP contribution in [0, 0.1) is 5.41 Å². The van der Waals surface area contributed by atoms with Crippen molar-refractivity contribution in [2.24, 2.45) is 11.1 Å². The highest BCUT2D eigenvalue weighted by Gasteiger charge is 2.39. The van der Waals surface area contributed by atoms with Gasteiger partial charge >= 0.3 is 0 Å². The van der Waals surface area contributed by atoms with Gasteiger partial charge in [-0.15, -0.1) is 0 Å². The van der Waals surface area contributed by atoms with Crippen molar-refractivity contribution >= 4 is 11.8 Å². The molecule has 2 rings (SSSR count). The Balaban J connectivity index is 2.05. The first kappa shape index (κ1) is 18.5. The summed E-state index contributed by atoms with van der Waals surface area (Å²) in [6.45, 7) is 8.46. The predicted octanol–water partition coefficient (Wildman–Crippen LogP) is 2.23. The Bertz CT molecular complexity index is 580. The molecular formula is C19H29N3O2. The Hall–Kier alpha value is -1.88. The van der Waals surface area contributed by atoms with Crippen LogP contribution >= 0.6 is 0 Å². The van der Waals surface area contributed by atoms with Crippen LogP contribution in [0.3, 0.4) is 0 Å². The molecule has 132 valence electrons. The van der Waals surface area contributed by atoms with Gasteiger partial charge in [-0.05, 0) is 24.3 Å². The molecule has 3 atom stereocenters. The summed E-state index contributed by atoms with van der Waals surface area (Å²) in [7, 11) is 0. The van der Waals surface area contributed by atoms with Crippen molar-refractivity contribution in [3.63, 3.8) is 0 Å². The standard InChI is InChI=1S/C19H29N3O2/c1-13(14-8-6-5-7-9-14)21-18(24)16-10-15(20)12-22(16)17(23)11-19(2,3)4/h5-9,13,15-16H,10-12,20H2,1-4H3,(H,21,24)/t13-,15+,16+/m1/s1. The van der Waals surface area contributed by atoms with Gasteiger partial charge in [0.2, 0.25) is 11.8 Å². The number of nitrogens with two attached hydrogens (primary N) is 1. The number of amides is 2. The number of rotatable bonds is 4. The summed E-state index contributed by atoms with van der Waals surface area (Å²) in [5, 5.41) is 3.02. The topological polar surface area (TPSA) is 75.4 Å². The minimum absolute atomic E-state index is 0.00274. The van der Waals surface area contributed by atoms with Gasteiger partial charge in [-0.1, -0.05) is 51.1 Å². The van der Waals surface area contributed by atoms with E-state index in [2.05, 4.69) is 5.32 Å². The normalized spacial score (nSPS) is 22.3. The summed E-state index contributed by atoms with van der Waals surface area (Å²) in [6, 6.07) is 9.08. The van der Waals surface area contributed by atoms with Crippen molar-refractivity contribution < 1.29 is 9.59 Å². The highest BCUT2D eigenvalue weighted by Crippen LogP contribution is 2.25. The average molecular weight is 331 g/mol. The van der Waals surface area contributed by atoms with Gasteiger partial charge in [0, 0.05) is 19.0 Å². The first-order valence-corrected chi connectivity index (χ1v) is 8.58. The molecule has 1 aliphatic heterocycles. The van der Waals surface area contributed by atoms with E-state index in [0.29, 0.717) is 19.4 Å². The molecule has 1 aromatic rings. The lowest BCUT2D eigenvalue weighted by molar-refractivity contribution is -0.140. The molecule has 1 saturated heterocycles. The molecule has 1 heterocycles. The van der Waals surface area contributed by atoms with Crippen LogP contribution in [-0.2, 0) is 9.59 Å². The molecule has 0 unspecified atom stereocenters. The number of hydrogen-bond donors (Lipinski definition) is 2. The summed E-state index contributed by atoms with van der Waals surface area (Å²) < 4.78 is 0. The van der Waals surface area contributed by atoms with Crippen LogP contribution in [0.25, 0.3) is 0 Å². The number of benzene rings is 1. The van der Waals surface area contributed by atoms with Gasteiger partial charge in [0.05, 0.1) is 6.04 Å². The molecule has 5 nitrogen and oxygen atoms in total. The lowest BCUT2D eigenvalue weighted by Gasteiger charge is -2.28. The smallest absolute Gasteiger partial charge is 0.243 e. The van der Waals surface area contributed by atoms with E-state index in [1.165, 1.54) is 0 Å². The van der Waals surface area contributed by atoms with E-state index in [1.807, 2.05) is 58.0 Å². The minimum atomic E-state index is -0.471. The molecule has 24 heavy (non-hydrogen) atoms. The van der Waals surface area contributed by atoms with Crippen molar-refractivity contribution in [1.82, 2.24) is 10.2 Å². The van der Waals surface area contributed by atoms with Gasteiger partial charge in [0.25, 0.3) is 0 Å². The Morgan fingerprint density at radius 3 is 2.50 bits per heavy atom. The maximum atomic E-state index is 12.7. The van der Waals surface area contributed by atoms with Gasteiger partial charge in [-0.3, -0.25) is 9.59 Å². The zero-order chi connectivity index (χ0) is 17.9. The van der Waals surface area contributed by atoms with E-state index >= 15 is 0 Å². The second-order valence-electron chi connectivity index (χ2n) is 7.94. The first-order chi connectivity index (χ1) is 11.2. The van der Waals surface area contributed by atoms with E-state index in [1.54, 1.807) is 4.90 Å². The molecule has 1 aromatic carbocycles. The summed E-state index contributed by atoms with van der Waals surface area (Å²) >= 11 is 0. The highest BCUT2D eigenvalue weighted by molar-refractivity contribution is 5.88. The van der Waals surface area contributed by atoms with Gasteiger partial charge in [0.15, 0.2) is 0 Å². The van der Waals surface area contributed by atoms with Crippen LogP contribution in [0.2, 0.25) is 0 Å². The fourth-order valence-electron chi connectivity index (χ4n) is 3.08. The SMILES string of the molecule is C[C@@H](NC(=O)[C@@H]1C[C@H](N)CN1C(=O)CC(C)(C)C)c1ccccc1. The average Bonchev–Trinajstić information content (AvgIpc) is 2.88. The molecule has 0 spiro atoms. The van der Waals surface area contributed by atoms with Crippen molar-refractivity contribution in [2.45, 2.75) is 58.7 Å². The van der Waals surface area contributed by atoms with Crippen LogP contribution in [0.1, 0.15) is 52.1 Å². The Morgan fingerprint density at radius 2 is 1.92 bits per heavy atom. The Kier molecular flexibility index (Phi) is 5.65. The monoisotopic (exact) mass is 331 g/mol. The summed E-state index contributed by atoms with van der Waals surface area (Å²) in [5.74, 6) is -0.121. The van der Waals surface area contributed by atoms with Gasteiger partial charge < -0.3 is 16.0 Å². The predicted molar refractivity (Wildman–Crippen MR) is 95.2 cm³/mol. The lowest BCUT2D eigenvalue weighted by Crippen LogP contribution is -2.47. The molecule has 0 aromatic heterocycles. The summed E-state index contributed by atoms with van der Waals surface area (Å²) in [5.41, 5.74) is 6.96. The largest absolute Gasteiger partial charge is 0.348 e. The number of hydrogen-bond acceptors (Lipinski definition) is 3. The molecule has 0 radical (unpaired) electrons. The zero-order valence-electron chi connectivity index (χ0n) is 15.1. The van der Waals surface area contributed by atoms with Gasteiger partial charge in [-0.25, -0.2) is 0 Å². The molecule has 5 heteroatoms. The van der Waals surface area contributed by atoms with Gasteiger partial charge in [-0.2, -0.15) is 0 Å². The molecule has 0 aliphatic carbocycles. The van der Waals surface area contributed by atoms with E-state index in [-0.39, 0.29) is 29.3 Å². The van der Waals surface area contributed by atoms with Crippen LogP contribution < -0.4 is 11.1 Å². The molecule has 0 saturated carbocycles. The summed E-state index contributed by atoms with van der Waals surface area (Å²) in [6.07, 6.45) is 0.932. The lowest BCUT2D eigenvalue weighted by atomic mass is 9.91. The third-order valence-corrected chi connectivity index (χ3v) is 4.30.